The van der Waals surface area contributed by atoms with E-state index in [0.717, 1.165) is 37.7 Å². The highest BCUT2D eigenvalue weighted by atomic mass is 16.6. The Morgan fingerprint density at radius 1 is 1.02 bits per heavy atom. The van der Waals surface area contributed by atoms with Gasteiger partial charge < -0.3 is 14.8 Å². The molecule has 1 aliphatic heterocycles. The second-order valence-corrected chi connectivity index (χ2v) is 14.4. The molecule has 1 saturated heterocycles. The van der Waals surface area contributed by atoms with Crippen molar-refractivity contribution >= 4 is 23.6 Å². The molecule has 3 atom stereocenters. The first-order valence-electron chi connectivity index (χ1n) is 15.8. The smallest absolute Gasteiger partial charge is 0.411 e. The third kappa shape index (κ3) is 7.60. The molecule has 1 saturated carbocycles. The predicted octanol–water partition coefficient (Wildman–Crippen LogP) is 6.32. The van der Waals surface area contributed by atoms with E-state index in [1.165, 1.54) is 4.90 Å². The minimum Gasteiger partial charge on any atom is -0.444 e. The van der Waals surface area contributed by atoms with Gasteiger partial charge in [-0.1, -0.05) is 58.2 Å². The first-order chi connectivity index (χ1) is 20.6. The number of amides is 3. The number of ether oxygens (including phenoxy) is 2. The van der Waals surface area contributed by atoms with Crippen molar-refractivity contribution in [2.75, 3.05) is 18.6 Å². The maximum absolute atomic E-state index is 15.1. The molecule has 240 valence electrons. The summed E-state index contributed by atoms with van der Waals surface area (Å²) in [5.74, 6) is -0.661. The van der Waals surface area contributed by atoms with E-state index < -0.39 is 23.3 Å². The van der Waals surface area contributed by atoms with Gasteiger partial charge in [-0.2, -0.15) is 0 Å². The van der Waals surface area contributed by atoms with Crippen LogP contribution in [0.25, 0.3) is 0 Å². The average molecular weight is 607 g/mol. The van der Waals surface area contributed by atoms with Crippen molar-refractivity contribution < 1.29 is 23.9 Å². The van der Waals surface area contributed by atoms with Crippen LogP contribution in [-0.2, 0) is 24.5 Å². The van der Waals surface area contributed by atoms with Crippen LogP contribution >= 0.6 is 0 Å². The lowest BCUT2D eigenvalue weighted by molar-refractivity contribution is -0.132. The monoisotopic (exact) mass is 606 g/mol. The van der Waals surface area contributed by atoms with Crippen molar-refractivity contribution in [3.8, 4) is 0 Å². The number of methoxy groups -OCH3 is 1. The highest BCUT2D eigenvalue weighted by Crippen LogP contribution is 2.39. The summed E-state index contributed by atoms with van der Waals surface area (Å²) in [6.45, 7) is 13.7. The number of rotatable bonds is 7. The van der Waals surface area contributed by atoms with Crippen LogP contribution in [0, 0.1) is 0 Å². The maximum atomic E-state index is 15.1. The molecule has 1 aliphatic carbocycles. The summed E-state index contributed by atoms with van der Waals surface area (Å²) >= 11 is 0. The Morgan fingerprint density at radius 3 is 2.23 bits per heavy atom. The second-order valence-electron chi connectivity index (χ2n) is 14.4. The molecule has 4 rings (SSSR count). The molecule has 2 fully saturated rings. The van der Waals surface area contributed by atoms with Crippen LogP contribution in [0.15, 0.2) is 48.8 Å². The Morgan fingerprint density at radius 2 is 1.68 bits per heavy atom. The van der Waals surface area contributed by atoms with E-state index >= 15 is 4.79 Å². The molecule has 2 heterocycles. The lowest BCUT2D eigenvalue weighted by Gasteiger charge is -2.41. The fourth-order valence-electron chi connectivity index (χ4n) is 6.22. The summed E-state index contributed by atoms with van der Waals surface area (Å²) in [4.78, 5) is 50.4. The van der Waals surface area contributed by atoms with Gasteiger partial charge >= 0.3 is 6.09 Å². The van der Waals surface area contributed by atoms with Crippen LogP contribution in [0.2, 0.25) is 0 Å². The summed E-state index contributed by atoms with van der Waals surface area (Å²) in [5, 5.41) is 3.26. The Kier molecular flexibility index (Phi) is 10.1. The van der Waals surface area contributed by atoms with Gasteiger partial charge in [0.25, 0.3) is 5.91 Å². The molecular weight excluding hydrogens is 556 g/mol. The molecule has 0 radical (unpaired) electrons. The molecule has 2 aliphatic rings. The minimum absolute atomic E-state index is 0.0360. The van der Waals surface area contributed by atoms with Crippen LogP contribution in [0.1, 0.15) is 104 Å². The van der Waals surface area contributed by atoms with E-state index in [-0.39, 0.29) is 42.3 Å². The average Bonchev–Trinajstić information content (AvgIpc) is 3.33. The largest absolute Gasteiger partial charge is 0.444 e. The molecule has 3 unspecified atom stereocenters. The summed E-state index contributed by atoms with van der Waals surface area (Å²) in [6, 6.07) is 10.4. The van der Waals surface area contributed by atoms with E-state index in [0.29, 0.717) is 11.3 Å². The number of aromatic nitrogens is 1. The number of carbonyl (C=O) groups excluding carboxylic acids is 3. The van der Waals surface area contributed by atoms with Gasteiger partial charge in [0.05, 0.1) is 12.6 Å². The fraction of sp³-hybridized carbons (Fsp3) is 0.600. The van der Waals surface area contributed by atoms with Gasteiger partial charge in [-0.15, -0.1) is 0 Å². The fourth-order valence-corrected chi connectivity index (χ4v) is 6.22. The van der Waals surface area contributed by atoms with E-state index in [9.17, 15) is 9.59 Å². The van der Waals surface area contributed by atoms with Crippen molar-refractivity contribution in [1.82, 2.24) is 15.2 Å². The number of nitrogens with zero attached hydrogens (tertiary/aromatic N) is 3. The van der Waals surface area contributed by atoms with Crippen molar-refractivity contribution in [2.45, 2.75) is 122 Å². The highest BCUT2D eigenvalue weighted by Gasteiger charge is 2.54. The zero-order valence-electron chi connectivity index (χ0n) is 27.7. The Labute approximate surface area is 262 Å². The lowest BCUT2D eigenvalue weighted by Crippen LogP contribution is -2.59. The van der Waals surface area contributed by atoms with E-state index in [2.05, 4.69) is 31.1 Å². The van der Waals surface area contributed by atoms with Crippen LogP contribution in [0.5, 0.6) is 0 Å². The molecule has 1 N–H and O–H groups in total. The Hall–Kier alpha value is -3.46. The van der Waals surface area contributed by atoms with Gasteiger partial charge in [0.2, 0.25) is 5.91 Å². The number of hydrogen-bond donors (Lipinski definition) is 1. The standard InChI is InChI=1S/C35H50N4O5/c1-33(2,3)25-16-18-27(19-17-25)39(29(24-13-12-20-36-22-24)30(40)37-26-14-10-9-11-15-26)31(41)35(7)21-28(43-8)23-38(35)32(42)44-34(4,5)6/h12-13,16-20,22,26,28-29H,9-11,14-15,21,23H2,1-8H3,(H,37,40). The molecule has 1 aromatic carbocycles. The molecular formula is C35H50N4O5. The van der Waals surface area contributed by atoms with Gasteiger partial charge in [-0.25, -0.2) is 4.79 Å². The van der Waals surface area contributed by atoms with E-state index in [1.54, 1.807) is 58.2 Å². The number of hydrogen-bond acceptors (Lipinski definition) is 6. The maximum Gasteiger partial charge on any atom is 0.411 e. The van der Waals surface area contributed by atoms with E-state index in [4.69, 9.17) is 9.47 Å². The predicted molar refractivity (Wildman–Crippen MR) is 171 cm³/mol. The third-order valence-electron chi connectivity index (χ3n) is 8.70. The molecule has 1 aromatic heterocycles. The quantitative estimate of drug-likeness (QED) is 0.396. The molecule has 9 heteroatoms. The first kappa shape index (κ1) is 33.4. The van der Waals surface area contributed by atoms with Crippen molar-refractivity contribution in [1.29, 1.82) is 0 Å². The number of anilines is 1. The zero-order chi connectivity index (χ0) is 32.3. The molecule has 9 nitrogen and oxygen atoms in total. The molecule has 44 heavy (non-hydrogen) atoms. The van der Waals surface area contributed by atoms with Gasteiger partial charge in [0.15, 0.2) is 0 Å². The van der Waals surface area contributed by atoms with Crippen LogP contribution in [0.4, 0.5) is 10.5 Å². The number of likely N-dealkylation sites (tertiary alicyclic amines) is 1. The SMILES string of the molecule is COC1CN(C(=O)OC(C)(C)C)C(C)(C(=O)N(c2ccc(C(C)(C)C)cc2)C(C(=O)NC2CCCCC2)c2cccnc2)C1. The van der Waals surface area contributed by atoms with Gasteiger partial charge in [0, 0.05) is 43.2 Å². The first-order valence-corrected chi connectivity index (χ1v) is 15.8. The summed E-state index contributed by atoms with van der Waals surface area (Å²) < 4.78 is 11.5. The van der Waals surface area contributed by atoms with Gasteiger partial charge in [-0.3, -0.25) is 24.4 Å². The number of benzene rings is 1. The second kappa shape index (κ2) is 13.3. The normalized spacial score (nSPS) is 21.9. The Bertz CT molecular complexity index is 1300. The lowest BCUT2D eigenvalue weighted by atomic mass is 9.86. The summed E-state index contributed by atoms with van der Waals surface area (Å²) in [6.07, 6.45) is 7.63. The molecule has 3 amide bonds. The third-order valence-corrected chi connectivity index (χ3v) is 8.70. The van der Waals surface area contributed by atoms with Gasteiger partial charge in [-0.05, 0) is 69.7 Å². The summed E-state index contributed by atoms with van der Waals surface area (Å²) in [5.41, 5.74) is 0.0274. The Balaban J connectivity index is 1.85. The van der Waals surface area contributed by atoms with Crippen LogP contribution < -0.4 is 10.2 Å². The van der Waals surface area contributed by atoms with Crippen LogP contribution in [0.3, 0.4) is 0 Å². The molecule has 0 spiro atoms. The van der Waals surface area contributed by atoms with Crippen molar-refractivity contribution in [2.24, 2.45) is 0 Å². The topological polar surface area (TPSA) is 101 Å². The highest BCUT2D eigenvalue weighted by molar-refractivity contribution is 6.07. The number of nitrogens with one attached hydrogen (secondary N) is 1. The van der Waals surface area contributed by atoms with Crippen molar-refractivity contribution in [3.63, 3.8) is 0 Å². The number of pyridine rings is 1. The molecule has 2 aromatic rings. The van der Waals surface area contributed by atoms with Gasteiger partial charge in [0.1, 0.15) is 17.2 Å². The minimum atomic E-state index is -1.35. The zero-order valence-corrected chi connectivity index (χ0v) is 27.7. The molecule has 0 bridgehead atoms. The van der Waals surface area contributed by atoms with Crippen LogP contribution in [-0.4, -0.2) is 64.7 Å². The summed E-state index contributed by atoms with van der Waals surface area (Å²) in [7, 11) is 1.58. The van der Waals surface area contributed by atoms with Crippen molar-refractivity contribution in [3.05, 3.63) is 59.9 Å². The van der Waals surface area contributed by atoms with E-state index in [1.807, 2.05) is 30.3 Å². The number of carbonyl (C=O) groups is 3.